The van der Waals surface area contributed by atoms with Gasteiger partial charge in [-0.15, -0.1) is 24.0 Å². The molecule has 1 aliphatic rings. The van der Waals surface area contributed by atoms with E-state index in [1.165, 1.54) is 0 Å². The zero-order valence-corrected chi connectivity index (χ0v) is 20.4. The van der Waals surface area contributed by atoms with Gasteiger partial charge in [-0.05, 0) is 32.4 Å². The van der Waals surface area contributed by atoms with Crippen LogP contribution in [0.3, 0.4) is 0 Å². The maximum Gasteiger partial charge on any atom is 0.194 e. The summed E-state index contributed by atoms with van der Waals surface area (Å²) >= 11 is 0. The van der Waals surface area contributed by atoms with Gasteiger partial charge in [0.15, 0.2) is 5.96 Å². The Morgan fingerprint density at radius 2 is 2.07 bits per heavy atom. The summed E-state index contributed by atoms with van der Waals surface area (Å²) in [5.74, 6) is 3.06. The molecular formula is C21H36IN3O4. The number of nitrogens with one attached hydrogen (secondary N) is 1. The van der Waals surface area contributed by atoms with E-state index in [0.717, 1.165) is 50.1 Å². The summed E-state index contributed by atoms with van der Waals surface area (Å²) in [4.78, 5) is 7.10. The second kappa shape index (κ2) is 14.7. The Morgan fingerprint density at radius 1 is 1.28 bits per heavy atom. The molecule has 1 heterocycles. The van der Waals surface area contributed by atoms with Gasteiger partial charge in [0, 0.05) is 38.7 Å². The van der Waals surface area contributed by atoms with Gasteiger partial charge >= 0.3 is 0 Å². The minimum Gasteiger partial charge on any atom is -0.497 e. The van der Waals surface area contributed by atoms with E-state index in [0.29, 0.717) is 25.7 Å². The van der Waals surface area contributed by atoms with E-state index in [9.17, 15) is 0 Å². The standard InChI is InChI=1S/C21H35N3O4.HI/c1-5-22-21(24-10-9-18(15-24)16-27-12-11-25-3)23-14-17(2)28-20-8-6-7-19(13-20)26-4;/h6-8,13,17-18H,5,9-12,14-16H2,1-4H3,(H,22,23);1H. The van der Waals surface area contributed by atoms with Crippen LogP contribution in [0.15, 0.2) is 29.3 Å². The Kier molecular flexibility index (Phi) is 13.0. The van der Waals surface area contributed by atoms with Gasteiger partial charge in [-0.3, -0.25) is 0 Å². The van der Waals surface area contributed by atoms with Crippen LogP contribution in [0.4, 0.5) is 0 Å². The second-order valence-electron chi connectivity index (χ2n) is 6.97. The average Bonchev–Trinajstić information content (AvgIpc) is 3.17. The first-order valence-corrected chi connectivity index (χ1v) is 10.1. The number of hydrogen-bond donors (Lipinski definition) is 1. The highest BCUT2D eigenvalue weighted by atomic mass is 127. The average molecular weight is 521 g/mol. The Bertz CT molecular complexity index is 603. The Hall–Kier alpha value is -1.26. The van der Waals surface area contributed by atoms with Crippen LogP contribution >= 0.6 is 24.0 Å². The molecule has 2 rings (SSSR count). The Balaban J connectivity index is 0.00000420. The number of ether oxygens (including phenoxy) is 4. The van der Waals surface area contributed by atoms with Crippen molar-refractivity contribution in [3.8, 4) is 11.5 Å². The monoisotopic (exact) mass is 521 g/mol. The van der Waals surface area contributed by atoms with Gasteiger partial charge in [-0.1, -0.05) is 6.07 Å². The third kappa shape index (κ3) is 9.39. The minimum atomic E-state index is -0.0310. The molecule has 0 spiro atoms. The summed E-state index contributed by atoms with van der Waals surface area (Å²) in [5, 5.41) is 3.40. The van der Waals surface area contributed by atoms with E-state index in [1.54, 1.807) is 14.2 Å². The summed E-state index contributed by atoms with van der Waals surface area (Å²) in [6, 6.07) is 7.65. The smallest absolute Gasteiger partial charge is 0.194 e. The second-order valence-corrected chi connectivity index (χ2v) is 6.97. The van der Waals surface area contributed by atoms with Crippen molar-refractivity contribution in [1.29, 1.82) is 0 Å². The lowest BCUT2D eigenvalue weighted by Crippen LogP contribution is -2.41. The third-order valence-electron chi connectivity index (χ3n) is 4.58. The first kappa shape index (κ1) is 25.8. The van der Waals surface area contributed by atoms with Gasteiger partial charge < -0.3 is 29.2 Å². The third-order valence-corrected chi connectivity index (χ3v) is 4.58. The highest BCUT2D eigenvalue weighted by molar-refractivity contribution is 14.0. The summed E-state index contributed by atoms with van der Waals surface area (Å²) in [6.07, 6.45) is 1.09. The molecule has 1 N–H and O–H groups in total. The zero-order chi connectivity index (χ0) is 20.2. The number of guanidine groups is 1. The fourth-order valence-corrected chi connectivity index (χ4v) is 3.14. The molecule has 7 nitrogen and oxygen atoms in total. The van der Waals surface area contributed by atoms with E-state index in [2.05, 4.69) is 17.1 Å². The van der Waals surface area contributed by atoms with Gasteiger partial charge in [-0.2, -0.15) is 0 Å². The van der Waals surface area contributed by atoms with E-state index < -0.39 is 0 Å². The van der Waals surface area contributed by atoms with Crippen molar-refractivity contribution in [3.63, 3.8) is 0 Å². The summed E-state index contributed by atoms with van der Waals surface area (Å²) in [6.45, 7) is 9.58. The molecule has 1 aromatic carbocycles. The van der Waals surface area contributed by atoms with Gasteiger partial charge in [0.05, 0.1) is 33.5 Å². The number of methoxy groups -OCH3 is 2. The molecule has 29 heavy (non-hydrogen) atoms. The Morgan fingerprint density at radius 3 is 2.79 bits per heavy atom. The quantitative estimate of drug-likeness (QED) is 0.209. The van der Waals surface area contributed by atoms with Gasteiger partial charge in [0.1, 0.15) is 17.6 Å². The number of aliphatic imine (C=N–C) groups is 1. The van der Waals surface area contributed by atoms with E-state index in [1.807, 2.05) is 31.2 Å². The highest BCUT2D eigenvalue weighted by Gasteiger charge is 2.25. The van der Waals surface area contributed by atoms with Crippen LogP contribution in [0.2, 0.25) is 0 Å². The van der Waals surface area contributed by atoms with Crippen molar-refractivity contribution in [2.24, 2.45) is 10.9 Å². The fourth-order valence-electron chi connectivity index (χ4n) is 3.14. The number of hydrogen-bond acceptors (Lipinski definition) is 5. The van der Waals surface area contributed by atoms with Crippen LogP contribution in [-0.4, -0.2) is 77.2 Å². The fraction of sp³-hybridized carbons (Fsp3) is 0.667. The van der Waals surface area contributed by atoms with Gasteiger partial charge in [0.25, 0.3) is 0 Å². The minimum absolute atomic E-state index is 0. The van der Waals surface area contributed by atoms with Crippen molar-refractivity contribution >= 4 is 29.9 Å². The van der Waals surface area contributed by atoms with Crippen LogP contribution in [0, 0.1) is 5.92 Å². The van der Waals surface area contributed by atoms with Crippen LogP contribution < -0.4 is 14.8 Å². The van der Waals surface area contributed by atoms with Crippen molar-refractivity contribution in [3.05, 3.63) is 24.3 Å². The molecule has 1 fully saturated rings. The predicted molar refractivity (Wildman–Crippen MR) is 127 cm³/mol. The van der Waals surface area contributed by atoms with Crippen molar-refractivity contribution in [2.45, 2.75) is 26.4 Å². The number of halogens is 1. The molecule has 166 valence electrons. The predicted octanol–water partition coefficient (Wildman–Crippen LogP) is 3.03. The molecule has 0 aromatic heterocycles. The molecule has 0 radical (unpaired) electrons. The lowest BCUT2D eigenvalue weighted by atomic mass is 10.1. The van der Waals surface area contributed by atoms with E-state index >= 15 is 0 Å². The lowest BCUT2D eigenvalue weighted by molar-refractivity contribution is 0.0536. The molecule has 0 saturated carbocycles. The number of rotatable bonds is 11. The highest BCUT2D eigenvalue weighted by Crippen LogP contribution is 2.20. The molecule has 0 aliphatic carbocycles. The van der Waals surface area contributed by atoms with Crippen LogP contribution in [0.5, 0.6) is 11.5 Å². The van der Waals surface area contributed by atoms with Crippen LogP contribution in [0.25, 0.3) is 0 Å². The summed E-state index contributed by atoms with van der Waals surface area (Å²) < 4.78 is 21.9. The largest absolute Gasteiger partial charge is 0.497 e. The summed E-state index contributed by atoms with van der Waals surface area (Å²) in [7, 11) is 3.35. The zero-order valence-electron chi connectivity index (χ0n) is 18.1. The van der Waals surface area contributed by atoms with Crippen LogP contribution in [-0.2, 0) is 9.47 Å². The molecule has 1 aliphatic heterocycles. The molecule has 8 heteroatoms. The van der Waals surface area contributed by atoms with E-state index in [-0.39, 0.29) is 30.1 Å². The lowest BCUT2D eigenvalue weighted by Gasteiger charge is -2.22. The first-order chi connectivity index (χ1) is 13.7. The maximum atomic E-state index is 5.98. The molecule has 0 amide bonds. The van der Waals surface area contributed by atoms with Crippen molar-refractivity contribution in [1.82, 2.24) is 10.2 Å². The molecule has 2 atom stereocenters. The van der Waals surface area contributed by atoms with Crippen LogP contribution in [0.1, 0.15) is 20.3 Å². The van der Waals surface area contributed by atoms with Crippen molar-refractivity contribution in [2.75, 3.05) is 60.2 Å². The molecule has 0 bridgehead atoms. The molecule has 1 aromatic rings. The first-order valence-electron chi connectivity index (χ1n) is 10.1. The number of likely N-dealkylation sites (tertiary alicyclic amines) is 1. The molecular weight excluding hydrogens is 485 g/mol. The normalized spacial score (nSPS) is 17.6. The Labute approximate surface area is 192 Å². The number of benzene rings is 1. The van der Waals surface area contributed by atoms with E-state index in [4.69, 9.17) is 23.9 Å². The maximum absolute atomic E-state index is 5.98. The molecule has 2 unspecified atom stereocenters. The SMILES string of the molecule is CCNC(=NCC(C)Oc1cccc(OC)c1)N1CCC(COCCOC)C1.I. The topological polar surface area (TPSA) is 64.6 Å². The summed E-state index contributed by atoms with van der Waals surface area (Å²) in [5.41, 5.74) is 0. The molecule has 1 saturated heterocycles. The number of nitrogens with zero attached hydrogens (tertiary/aromatic N) is 2. The van der Waals surface area contributed by atoms with Gasteiger partial charge in [-0.25, -0.2) is 4.99 Å². The van der Waals surface area contributed by atoms with Gasteiger partial charge in [0.2, 0.25) is 0 Å². The van der Waals surface area contributed by atoms with Crippen molar-refractivity contribution < 1.29 is 18.9 Å².